The first-order valence-electron chi connectivity index (χ1n) is 5.17. The highest BCUT2D eigenvalue weighted by Gasteiger charge is 2.30. The van der Waals surface area contributed by atoms with Crippen molar-refractivity contribution in [2.75, 3.05) is 33.9 Å². The standard InChI is InChI=1S/C9H20N2O5S/c1-8(2)11(7-9(12)13)17(14,15)10(3)5-6-16-4/h8H,5-7H2,1-4H3,(H,12,13). The molecular formula is C9H20N2O5S. The number of aliphatic carboxylic acids is 1. The lowest BCUT2D eigenvalue weighted by Gasteiger charge is -2.28. The summed E-state index contributed by atoms with van der Waals surface area (Å²) in [6.07, 6.45) is 0. The average Bonchev–Trinajstić information content (AvgIpc) is 2.21. The van der Waals surface area contributed by atoms with Crippen molar-refractivity contribution in [2.45, 2.75) is 19.9 Å². The molecule has 1 N–H and O–H groups in total. The van der Waals surface area contributed by atoms with Crippen molar-refractivity contribution < 1.29 is 23.1 Å². The Morgan fingerprint density at radius 3 is 2.29 bits per heavy atom. The Labute approximate surface area is 102 Å². The Morgan fingerprint density at radius 2 is 1.94 bits per heavy atom. The van der Waals surface area contributed by atoms with Crippen LogP contribution in [0.3, 0.4) is 0 Å². The maximum absolute atomic E-state index is 12.0. The molecule has 0 saturated heterocycles. The van der Waals surface area contributed by atoms with Crippen LogP contribution in [0.5, 0.6) is 0 Å². The molecule has 17 heavy (non-hydrogen) atoms. The van der Waals surface area contributed by atoms with Gasteiger partial charge in [-0.15, -0.1) is 0 Å². The Bertz CT molecular complexity index is 341. The molecule has 0 aromatic carbocycles. The van der Waals surface area contributed by atoms with E-state index in [9.17, 15) is 13.2 Å². The third-order valence-electron chi connectivity index (χ3n) is 2.17. The normalized spacial score (nSPS) is 12.6. The van der Waals surface area contributed by atoms with Gasteiger partial charge in [-0.2, -0.15) is 17.0 Å². The summed E-state index contributed by atoms with van der Waals surface area (Å²) in [5.74, 6) is -1.18. The number of methoxy groups -OCH3 is 1. The second kappa shape index (κ2) is 6.90. The van der Waals surface area contributed by atoms with Gasteiger partial charge in [0.05, 0.1) is 6.61 Å². The Hall–Kier alpha value is -0.700. The predicted molar refractivity (Wildman–Crippen MR) is 62.9 cm³/mol. The highest BCUT2D eigenvalue weighted by atomic mass is 32.2. The molecule has 0 spiro atoms. The van der Waals surface area contributed by atoms with Gasteiger partial charge in [-0.3, -0.25) is 4.79 Å². The van der Waals surface area contributed by atoms with Crippen molar-refractivity contribution in [3.05, 3.63) is 0 Å². The molecule has 7 nitrogen and oxygen atoms in total. The van der Waals surface area contributed by atoms with E-state index in [0.717, 1.165) is 8.61 Å². The Morgan fingerprint density at radius 1 is 1.41 bits per heavy atom. The van der Waals surface area contributed by atoms with Gasteiger partial charge in [0.1, 0.15) is 6.54 Å². The number of ether oxygens (including phenoxy) is 1. The third-order valence-corrected chi connectivity index (χ3v) is 4.28. The fourth-order valence-electron chi connectivity index (χ4n) is 1.18. The monoisotopic (exact) mass is 268 g/mol. The average molecular weight is 268 g/mol. The second-order valence-corrected chi connectivity index (χ2v) is 5.84. The molecular weight excluding hydrogens is 248 g/mol. The van der Waals surface area contributed by atoms with E-state index in [1.807, 2.05) is 0 Å². The van der Waals surface area contributed by atoms with Gasteiger partial charge in [-0.25, -0.2) is 0 Å². The maximum Gasteiger partial charge on any atom is 0.318 e. The van der Waals surface area contributed by atoms with Gasteiger partial charge in [0, 0.05) is 26.7 Å². The summed E-state index contributed by atoms with van der Waals surface area (Å²) in [6.45, 7) is 3.16. The number of carboxylic acids is 1. The number of likely N-dealkylation sites (N-methyl/N-ethyl adjacent to an activating group) is 1. The van der Waals surface area contributed by atoms with Crippen LogP contribution < -0.4 is 0 Å². The number of hydrogen-bond acceptors (Lipinski definition) is 4. The van der Waals surface area contributed by atoms with Crippen LogP contribution in [-0.4, -0.2) is 68.0 Å². The largest absolute Gasteiger partial charge is 0.480 e. The van der Waals surface area contributed by atoms with Crippen LogP contribution in [0, 0.1) is 0 Å². The number of carbonyl (C=O) groups is 1. The first-order valence-corrected chi connectivity index (χ1v) is 6.57. The minimum atomic E-state index is -3.76. The van der Waals surface area contributed by atoms with Crippen LogP contribution in [-0.2, 0) is 19.7 Å². The van der Waals surface area contributed by atoms with E-state index in [0.29, 0.717) is 0 Å². The van der Waals surface area contributed by atoms with Gasteiger partial charge < -0.3 is 9.84 Å². The first-order chi connectivity index (χ1) is 7.73. The lowest BCUT2D eigenvalue weighted by atomic mass is 10.4. The number of rotatable bonds is 8. The van der Waals surface area contributed by atoms with E-state index >= 15 is 0 Å². The zero-order valence-electron chi connectivity index (χ0n) is 10.6. The van der Waals surface area contributed by atoms with Crippen molar-refractivity contribution in [1.82, 2.24) is 8.61 Å². The fraction of sp³-hybridized carbons (Fsp3) is 0.889. The van der Waals surface area contributed by atoms with Gasteiger partial charge >= 0.3 is 5.97 Å². The number of carboxylic acid groups (broad SMARTS) is 1. The van der Waals surface area contributed by atoms with Crippen molar-refractivity contribution in [3.8, 4) is 0 Å². The molecule has 0 aromatic heterocycles. The SMILES string of the molecule is COCCN(C)S(=O)(=O)N(CC(=O)O)C(C)C. The van der Waals surface area contributed by atoms with E-state index in [2.05, 4.69) is 0 Å². The zero-order chi connectivity index (χ0) is 13.6. The van der Waals surface area contributed by atoms with Gasteiger partial charge in [-0.05, 0) is 13.8 Å². The second-order valence-electron chi connectivity index (χ2n) is 3.85. The summed E-state index contributed by atoms with van der Waals surface area (Å²) in [6, 6.07) is -0.416. The van der Waals surface area contributed by atoms with E-state index in [-0.39, 0.29) is 13.2 Å². The van der Waals surface area contributed by atoms with E-state index in [4.69, 9.17) is 9.84 Å². The van der Waals surface area contributed by atoms with Crippen molar-refractivity contribution in [3.63, 3.8) is 0 Å². The molecule has 0 rings (SSSR count). The third kappa shape index (κ3) is 4.99. The topological polar surface area (TPSA) is 87.2 Å². The Balaban J connectivity index is 4.88. The van der Waals surface area contributed by atoms with Crippen molar-refractivity contribution in [2.24, 2.45) is 0 Å². The minimum Gasteiger partial charge on any atom is -0.480 e. The summed E-state index contributed by atoms with van der Waals surface area (Å²) in [5.41, 5.74) is 0. The summed E-state index contributed by atoms with van der Waals surface area (Å²) in [4.78, 5) is 10.6. The van der Waals surface area contributed by atoms with Crippen LogP contribution in [0.2, 0.25) is 0 Å². The number of hydrogen-bond donors (Lipinski definition) is 1. The van der Waals surface area contributed by atoms with Crippen LogP contribution >= 0.6 is 0 Å². The molecule has 0 aromatic rings. The zero-order valence-corrected chi connectivity index (χ0v) is 11.4. The minimum absolute atomic E-state index is 0.182. The molecule has 0 aliphatic carbocycles. The Kier molecular flexibility index (Phi) is 6.61. The maximum atomic E-state index is 12.0. The molecule has 0 amide bonds. The van der Waals surface area contributed by atoms with Crippen molar-refractivity contribution in [1.29, 1.82) is 0 Å². The summed E-state index contributed by atoms with van der Waals surface area (Å²) >= 11 is 0. The smallest absolute Gasteiger partial charge is 0.318 e. The fourth-order valence-corrected chi connectivity index (χ4v) is 2.65. The molecule has 0 saturated carbocycles. The molecule has 0 unspecified atom stereocenters. The molecule has 0 atom stereocenters. The number of nitrogens with zero attached hydrogens (tertiary/aromatic N) is 2. The highest BCUT2D eigenvalue weighted by Crippen LogP contribution is 2.10. The molecule has 102 valence electrons. The highest BCUT2D eigenvalue weighted by molar-refractivity contribution is 7.86. The molecule has 0 fully saturated rings. The molecule has 8 heteroatoms. The van der Waals surface area contributed by atoms with Crippen LogP contribution in [0.15, 0.2) is 0 Å². The molecule has 0 radical (unpaired) electrons. The first kappa shape index (κ1) is 16.3. The molecule has 0 aliphatic rings. The van der Waals surface area contributed by atoms with Crippen molar-refractivity contribution >= 4 is 16.2 Å². The molecule has 0 heterocycles. The van der Waals surface area contributed by atoms with Crippen LogP contribution in [0.25, 0.3) is 0 Å². The van der Waals surface area contributed by atoms with Gasteiger partial charge in [0.15, 0.2) is 0 Å². The summed E-state index contributed by atoms with van der Waals surface area (Å²) in [5, 5.41) is 8.70. The summed E-state index contributed by atoms with van der Waals surface area (Å²) in [7, 11) is -0.897. The van der Waals surface area contributed by atoms with E-state index < -0.39 is 28.8 Å². The lowest BCUT2D eigenvalue weighted by molar-refractivity contribution is -0.137. The van der Waals surface area contributed by atoms with Crippen LogP contribution in [0.1, 0.15) is 13.8 Å². The lowest BCUT2D eigenvalue weighted by Crippen LogP contribution is -2.48. The van der Waals surface area contributed by atoms with Gasteiger partial charge in [-0.1, -0.05) is 0 Å². The van der Waals surface area contributed by atoms with E-state index in [1.165, 1.54) is 14.2 Å². The quantitative estimate of drug-likeness (QED) is 0.647. The predicted octanol–water partition coefficient (Wildman–Crippen LogP) is -0.396. The molecule has 0 bridgehead atoms. The van der Waals surface area contributed by atoms with Crippen LogP contribution in [0.4, 0.5) is 0 Å². The van der Waals surface area contributed by atoms with Gasteiger partial charge in [0.25, 0.3) is 10.2 Å². The molecule has 0 aliphatic heterocycles. The van der Waals surface area contributed by atoms with Gasteiger partial charge in [0.2, 0.25) is 0 Å². The summed E-state index contributed by atoms with van der Waals surface area (Å²) < 4.78 is 30.9. The van der Waals surface area contributed by atoms with E-state index in [1.54, 1.807) is 13.8 Å².